The van der Waals surface area contributed by atoms with E-state index in [9.17, 15) is 9.59 Å². The van der Waals surface area contributed by atoms with Gasteiger partial charge >= 0.3 is 0 Å². The number of rotatable bonds is 9. The van der Waals surface area contributed by atoms with Crippen molar-refractivity contribution in [3.05, 3.63) is 59.7 Å². The molecule has 0 aromatic heterocycles. The molecule has 1 atom stereocenters. The van der Waals surface area contributed by atoms with Crippen molar-refractivity contribution in [2.24, 2.45) is 0 Å². The van der Waals surface area contributed by atoms with Crippen LogP contribution in [0.4, 0.5) is 5.69 Å². The molecule has 0 radical (unpaired) electrons. The van der Waals surface area contributed by atoms with Crippen LogP contribution < -0.4 is 15.4 Å². The summed E-state index contributed by atoms with van der Waals surface area (Å²) in [6.07, 6.45) is 2.99. The van der Waals surface area contributed by atoms with Crippen LogP contribution in [0.1, 0.15) is 60.7 Å². The van der Waals surface area contributed by atoms with Gasteiger partial charge < -0.3 is 15.4 Å². The number of nitrogens with one attached hydrogen (secondary N) is 2. The smallest absolute Gasteiger partial charge is 0.255 e. The Morgan fingerprint density at radius 3 is 2.41 bits per heavy atom. The van der Waals surface area contributed by atoms with Gasteiger partial charge in [0.25, 0.3) is 11.8 Å². The van der Waals surface area contributed by atoms with Crippen molar-refractivity contribution >= 4 is 17.5 Å². The van der Waals surface area contributed by atoms with Crippen molar-refractivity contribution < 1.29 is 14.3 Å². The van der Waals surface area contributed by atoms with E-state index in [1.54, 1.807) is 42.5 Å². The molecule has 144 valence electrons. The van der Waals surface area contributed by atoms with E-state index in [0.717, 1.165) is 19.3 Å². The van der Waals surface area contributed by atoms with Gasteiger partial charge in [-0.2, -0.15) is 0 Å². The molecule has 5 heteroatoms. The summed E-state index contributed by atoms with van der Waals surface area (Å²) < 4.78 is 5.76. The van der Waals surface area contributed by atoms with Crippen LogP contribution in [0, 0.1) is 0 Å². The van der Waals surface area contributed by atoms with Gasteiger partial charge in [-0.1, -0.05) is 26.3 Å². The molecule has 0 heterocycles. The Hall–Kier alpha value is -2.82. The van der Waals surface area contributed by atoms with Gasteiger partial charge in [-0.3, -0.25) is 9.59 Å². The van der Waals surface area contributed by atoms with Gasteiger partial charge in [0.15, 0.2) is 0 Å². The van der Waals surface area contributed by atoms with Gasteiger partial charge in [-0.15, -0.1) is 0 Å². The second-order valence-electron chi connectivity index (χ2n) is 6.51. The topological polar surface area (TPSA) is 67.4 Å². The number of anilines is 1. The van der Waals surface area contributed by atoms with E-state index in [-0.39, 0.29) is 17.9 Å². The Morgan fingerprint density at radius 1 is 1.00 bits per heavy atom. The van der Waals surface area contributed by atoms with E-state index in [2.05, 4.69) is 24.5 Å². The molecule has 27 heavy (non-hydrogen) atoms. The highest BCUT2D eigenvalue weighted by molar-refractivity contribution is 6.04. The Kier molecular flexibility index (Phi) is 7.86. The Labute approximate surface area is 161 Å². The molecule has 1 unspecified atom stereocenters. The van der Waals surface area contributed by atoms with Gasteiger partial charge in [-0.25, -0.2) is 0 Å². The summed E-state index contributed by atoms with van der Waals surface area (Å²) in [5, 5.41) is 5.72. The number of hydrogen-bond donors (Lipinski definition) is 2. The van der Waals surface area contributed by atoms with Crippen molar-refractivity contribution in [2.45, 2.75) is 46.1 Å². The predicted octanol–water partition coefficient (Wildman–Crippen LogP) is 4.65. The lowest BCUT2D eigenvalue weighted by atomic mass is 10.1. The molecule has 2 rings (SSSR count). The van der Waals surface area contributed by atoms with Crippen LogP contribution in [0.25, 0.3) is 0 Å². The summed E-state index contributed by atoms with van der Waals surface area (Å²) in [4.78, 5) is 24.5. The summed E-state index contributed by atoms with van der Waals surface area (Å²) in [5.74, 6) is 0.358. The number of benzene rings is 2. The summed E-state index contributed by atoms with van der Waals surface area (Å²) in [7, 11) is 0. The maximum absolute atomic E-state index is 12.5. The number of amides is 2. The van der Waals surface area contributed by atoms with Crippen LogP contribution in [0.2, 0.25) is 0 Å². The average molecular weight is 368 g/mol. The second-order valence-corrected chi connectivity index (χ2v) is 6.51. The van der Waals surface area contributed by atoms with E-state index >= 15 is 0 Å². The van der Waals surface area contributed by atoms with Crippen molar-refractivity contribution in [3.63, 3.8) is 0 Å². The quantitative estimate of drug-likeness (QED) is 0.633. The highest BCUT2D eigenvalue weighted by Gasteiger charge is 2.10. The fourth-order valence-corrected chi connectivity index (χ4v) is 2.42. The molecule has 0 spiro atoms. The molecule has 5 nitrogen and oxygen atoms in total. The summed E-state index contributed by atoms with van der Waals surface area (Å²) in [5.41, 5.74) is 1.74. The second kappa shape index (κ2) is 10.4. The molecule has 0 aliphatic heterocycles. The van der Waals surface area contributed by atoms with E-state index in [1.165, 1.54) is 0 Å². The molecule has 0 saturated carbocycles. The molecule has 0 fully saturated rings. The van der Waals surface area contributed by atoms with E-state index in [4.69, 9.17) is 4.74 Å². The van der Waals surface area contributed by atoms with Crippen LogP contribution in [-0.4, -0.2) is 24.5 Å². The number of hydrogen-bond acceptors (Lipinski definition) is 3. The minimum absolute atomic E-state index is 0.0966. The molecule has 2 aromatic rings. The highest BCUT2D eigenvalue weighted by Crippen LogP contribution is 2.18. The molecule has 0 bridgehead atoms. The monoisotopic (exact) mass is 368 g/mol. The summed E-state index contributed by atoms with van der Waals surface area (Å²) >= 11 is 0. The molecule has 2 amide bonds. The SMILES string of the molecule is CCCCNC(=O)c1ccc(NC(=O)c2cccc(OC(C)CC)c2)cc1. The van der Waals surface area contributed by atoms with Crippen LogP contribution in [0.15, 0.2) is 48.5 Å². The van der Waals surface area contributed by atoms with Crippen molar-refractivity contribution in [1.82, 2.24) is 5.32 Å². The van der Waals surface area contributed by atoms with E-state index < -0.39 is 0 Å². The zero-order chi connectivity index (χ0) is 19.6. The van der Waals surface area contributed by atoms with Crippen LogP contribution in [-0.2, 0) is 0 Å². The van der Waals surface area contributed by atoms with Crippen molar-refractivity contribution in [2.75, 3.05) is 11.9 Å². The summed E-state index contributed by atoms with van der Waals surface area (Å²) in [6.45, 7) is 6.79. The fraction of sp³-hybridized carbons (Fsp3) is 0.364. The van der Waals surface area contributed by atoms with Crippen LogP contribution in [0.5, 0.6) is 5.75 Å². The van der Waals surface area contributed by atoms with Crippen LogP contribution >= 0.6 is 0 Å². The molecule has 2 aromatic carbocycles. The third kappa shape index (κ3) is 6.44. The zero-order valence-electron chi connectivity index (χ0n) is 16.2. The van der Waals surface area contributed by atoms with Crippen LogP contribution in [0.3, 0.4) is 0 Å². The minimum Gasteiger partial charge on any atom is -0.491 e. The molecule has 2 N–H and O–H groups in total. The van der Waals surface area contributed by atoms with Crippen molar-refractivity contribution in [1.29, 1.82) is 0 Å². The predicted molar refractivity (Wildman–Crippen MR) is 108 cm³/mol. The summed E-state index contributed by atoms with van der Waals surface area (Å²) in [6, 6.07) is 14.0. The zero-order valence-corrected chi connectivity index (χ0v) is 16.2. The van der Waals surface area contributed by atoms with E-state index in [1.807, 2.05) is 13.0 Å². The van der Waals surface area contributed by atoms with Gasteiger partial charge in [0.2, 0.25) is 0 Å². The number of unbranched alkanes of at least 4 members (excludes halogenated alkanes) is 1. The first-order valence-corrected chi connectivity index (χ1v) is 9.49. The van der Waals surface area contributed by atoms with Gasteiger partial charge in [0.05, 0.1) is 6.10 Å². The molecule has 0 aliphatic carbocycles. The Morgan fingerprint density at radius 2 is 1.74 bits per heavy atom. The lowest BCUT2D eigenvalue weighted by molar-refractivity contribution is 0.0952. The maximum Gasteiger partial charge on any atom is 0.255 e. The minimum atomic E-state index is -0.218. The normalized spacial score (nSPS) is 11.5. The van der Waals surface area contributed by atoms with Gasteiger partial charge in [0.1, 0.15) is 5.75 Å². The Balaban J connectivity index is 1.97. The largest absolute Gasteiger partial charge is 0.491 e. The maximum atomic E-state index is 12.5. The molecule has 0 aliphatic rings. The van der Waals surface area contributed by atoms with Gasteiger partial charge in [-0.05, 0) is 62.2 Å². The lowest BCUT2D eigenvalue weighted by Crippen LogP contribution is -2.24. The number of carbonyl (C=O) groups is 2. The lowest BCUT2D eigenvalue weighted by Gasteiger charge is -2.13. The Bertz CT molecular complexity index is 756. The highest BCUT2D eigenvalue weighted by atomic mass is 16.5. The molecule has 0 saturated heterocycles. The number of ether oxygens (including phenoxy) is 1. The van der Waals surface area contributed by atoms with E-state index in [0.29, 0.717) is 29.1 Å². The van der Waals surface area contributed by atoms with Gasteiger partial charge in [0, 0.05) is 23.4 Å². The first-order valence-electron chi connectivity index (χ1n) is 9.49. The fourth-order valence-electron chi connectivity index (χ4n) is 2.42. The first-order chi connectivity index (χ1) is 13.0. The van der Waals surface area contributed by atoms with Crippen molar-refractivity contribution in [3.8, 4) is 5.75 Å². The first kappa shape index (κ1) is 20.5. The average Bonchev–Trinajstić information content (AvgIpc) is 2.68. The number of carbonyl (C=O) groups excluding carboxylic acids is 2. The molecular formula is C22H28N2O3. The third-order valence-electron chi connectivity index (χ3n) is 4.23. The standard InChI is InChI=1S/C22H28N2O3/c1-4-6-14-23-21(25)17-10-12-19(13-11-17)24-22(26)18-8-7-9-20(15-18)27-16(3)5-2/h7-13,15-16H,4-6,14H2,1-3H3,(H,23,25)(H,24,26). The molecular weight excluding hydrogens is 340 g/mol. The third-order valence-corrected chi connectivity index (χ3v) is 4.23.